The maximum absolute atomic E-state index is 5.72. The van der Waals surface area contributed by atoms with Crippen molar-refractivity contribution in [1.29, 1.82) is 0 Å². The van der Waals surface area contributed by atoms with E-state index in [4.69, 9.17) is 14.0 Å². The Morgan fingerprint density at radius 2 is 2.09 bits per heavy atom. The third kappa shape index (κ3) is 4.32. The lowest BCUT2D eigenvalue weighted by molar-refractivity contribution is -0.0115. The molecule has 2 heterocycles. The molecule has 0 bridgehead atoms. The van der Waals surface area contributed by atoms with Crippen molar-refractivity contribution in [2.24, 2.45) is 5.92 Å². The summed E-state index contributed by atoms with van der Waals surface area (Å²) in [5.41, 5.74) is 1.15. The van der Waals surface area contributed by atoms with Crippen LogP contribution in [0.5, 0.6) is 5.75 Å². The Morgan fingerprint density at radius 3 is 2.83 bits per heavy atom. The van der Waals surface area contributed by atoms with Crippen LogP contribution in [0.1, 0.15) is 43.5 Å². The molecule has 5 heteroatoms. The van der Waals surface area contributed by atoms with Gasteiger partial charge in [0.25, 0.3) is 0 Å². The zero-order chi connectivity index (χ0) is 16.1. The highest BCUT2D eigenvalue weighted by Gasteiger charge is 2.23. The summed E-state index contributed by atoms with van der Waals surface area (Å²) in [5.74, 6) is 2.93. The normalized spacial score (nSPS) is 21.3. The van der Waals surface area contributed by atoms with Crippen LogP contribution in [-0.4, -0.2) is 30.0 Å². The summed E-state index contributed by atoms with van der Waals surface area (Å²) >= 11 is 0. The van der Waals surface area contributed by atoms with Gasteiger partial charge in [0, 0.05) is 19.4 Å². The molecule has 1 aliphatic heterocycles. The number of aromatic nitrogens is 2. The highest BCUT2D eigenvalue weighted by Crippen LogP contribution is 2.25. The fourth-order valence-corrected chi connectivity index (χ4v) is 3.05. The van der Waals surface area contributed by atoms with E-state index in [0.29, 0.717) is 18.4 Å². The quantitative estimate of drug-likeness (QED) is 0.817. The molecule has 0 amide bonds. The highest BCUT2D eigenvalue weighted by atomic mass is 16.5. The average molecular weight is 316 g/mol. The summed E-state index contributed by atoms with van der Waals surface area (Å²) < 4.78 is 16.3. The summed E-state index contributed by atoms with van der Waals surface area (Å²) in [4.78, 5) is 4.54. The van der Waals surface area contributed by atoms with E-state index in [0.717, 1.165) is 55.3 Å². The van der Waals surface area contributed by atoms with Gasteiger partial charge in [0.05, 0.1) is 13.2 Å². The van der Waals surface area contributed by atoms with Crippen LogP contribution in [0.4, 0.5) is 0 Å². The third-order valence-electron chi connectivity index (χ3n) is 4.43. The Balaban J connectivity index is 1.57. The van der Waals surface area contributed by atoms with E-state index in [9.17, 15) is 0 Å². The van der Waals surface area contributed by atoms with Crippen molar-refractivity contribution in [2.45, 2.75) is 45.1 Å². The number of benzene rings is 1. The Kier molecular flexibility index (Phi) is 5.28. The van der Waals surface area contributed by atoms with Crippen LogP contribution in [0.15, 0.2) is 28.8 Å². The molecule has 1 aromatic carbocycles. The minimum atomic E-state index is 0.385. The molecule has 124 valence electrons. The predicted molar refractivity (Wildman–Crippen MR) is 86.6 cm³/mol. The van der Waals surface area contributed by atoms with Gasteiger partial charge in [0.15, 0.2) is 5.82 Å². The number of rotatable bonds is 6. The van der Waals surface area contributed by atoms with Gasteiger partial charge in [-0.15, -0.1) is 0 Å². The Morgan fingerprint density at radius 1 is 1.26 bits per heavy atom. The van der Waals surface area contributed by atoms with Gasteiger partial charge in [-0.3, -0.25) is 0 Å². The van der Waals surface area contributed by atoms with Gasteiger partial charge < -0.3 is 14.0 Å². The maximum Gasteiger partial charge on any atom is 0.226 e. The second-order valence-corrected chi connectivity index (χ2v) is 6.12. The maximum atomic E-state index is 5.72. The lowest BCUT2D eigenvalue weighted by Gasteiger charge is -2.27. The van der Waals surface area contributed by atoms with Gasteiger partial charge in [-0.2, -0.15) is 4.98 Å². The second-order valence-electron chi connectivity index (χ2n) is 6.12. The highest BCUT2D eigenvalue weighted by molar-refractivity contribution is 5.28. The molecule has 0 unspecified atom stereocenters. The first-order valence-electron chi connectivity index (χ1n) is 8.32. The summed E-state index contributed by atoms with van der Waals surface area (Å²) in [7, 11) is 1.67. The molecule has 23 heavy (non-hydrogen) atoms. The van der Waals surface area contributed by atoms with Crippen LogP contribution in [0.25, 0.3) is 0 Å². The number of nitrogens with zero attached hydrogens (tertiary/aromatic N) is 2. The van der Waals surface area contributed by atoms with Gasteiger partial charge in [-0.1, -0.05) is 24.2 Å². The first-order valence-corrected chi connectivity index (χ1v) is 8.32. The van der Waals surface area contributed by atoms with Gasteiger partial charge in [0.2, 0.25) is 5.89 Å². The fraction of sp³-hybridized carbons (Fsp3) is 0.556. The molecule has 5 nitrogen and oxygen atoms in total. The van der Waals surface area contributed by atoms with Gasteiger partial charge in [-0.25, -0.2) is 0 Å². The molecule has 1 aromatic heterocycles. The monoisotopic (exact) mass is 316 g/mol. The van der Waals surface area contributed by atoms with Crippen LogP contribution < -0.4 is 4.74 Å². The number of hydrogen-bond donors (Lipinski definition) is 0. The van der Waals surface area contributed by atoms with Gasteiger partial charge >= 0.3 is 0 Å². The Hall–Kier alpha value is -1.88. The first kappa shape index (κ1) is 16.0. The Bertz CT molecular complexity index is 609. The second kappa shape index (κ2) is 7.59. The molecule has 0 N–H and O–H groups in total. The zero-order valence-corrected chi connectivity index (χ0v) is 13.8. The van der Waals surface area contributed by atoms with Crippen molar-refractivity contribution in [3.05, 3.63) is 41.5 Å². The van der Waals surface area contributed by atoms with E-state index in [2.05, 4.69) is 17.1 Å². The van der Waals surface area contributed by atoms with Crippen LogP contribution in [0.3, 0.4) is 0 Å². The summed E-state index contributed by atoms with van der Waals surface area (Å²) in [6.45, 7) is 3.02. The molecule has 0 radical (unpaired) electrons. The summed E-state index contributed by atoms with van der Waals surface area (Å²) in [5, 5.41) is 4.11. The van der Waals surface area contributed by atoms with Crippen molar-refractivity contribution in [2.75, 3.05) is 13.7 Å². The SMILES string of the molecule is CC[C@H]1C[C@H](Cc2nc(Cc3ccc(OC)cc3)no2)CCO1. The average Bonchev–Trinajstić information content (AvgIpc) is 3.02. The molecule has 0 aliphatic carbocycles. The fourth-order valence-electron chi connectivity index (χ4n) is 3.05. The molecule has 1 aliphatic rings. The molecular formula is C18H24N2O3. The standard InChI is InChI=1S/C18H24N2O3/c1-3-15-10-14(8-9-22-15)12-18-19-17(20-23-18)11-13-4-6-16(21-2)7-5-13/h4-7,14-15H,3,8-12H2,1-2H3/t14-,15+/m1/s1. The van der Waals surface area contributed by atoms with E-state index in [1.165, 1.54) is 0 Å². The number of hydrogen-bond acceptors (Lipinski definition) is 5. The lowest BCUT2D eigenvalue weighted by Crippen LogP contribution is -2.26. The minimum Gasteiger partial charge on any atom is -0.497 e. The van der Waals surface area contributed by atoms with Crippen molar-refractivity contribution in [1.82, 2.24) is 10.1 Å². The van der Waals surface area contributed by atoms with E-state index >= 15 is 0 Å². The van der Waals surface area contributed by atoms with Crippen molar-refractivity contribution in [3.8, 4) is 5.75 Å². The van der Waals surface area contributed by atoms with Crippen molar-refractivity contribution < 1.29 is 14.0 Å². The third-order valence-corrected chi connectivity index (χ3v) is 4.43. The van der Waals surface area contributed by atoms with Crippen LogP contribution in [-0.2, 0) is 17.6 Å². The van der Waals surface area contributed by atoms with Gasteiger partial charge in [0.1, 0.15) is 5.75 Å². The smallest absolute Gasteiger partial charge is 0.226 e. The molecule has 1 fully saturated rings. The van der Waals surface area contributed by atoms with E-state index in [-0.39, 0.29) is 0 Å². The van der Waals surface area contributed by atoms with Crippen LogP contribution in [0.2, 0.25) is 0 Å². The van der Waals surface area contributed by atoms with E-state index in [1.807, 2.05) is 24.3 Å². The molecule has 3 rings (SSSR count). The van der Waals surface area contributed by atoms with Gasteiger partial charge in [-0.05, 0) is 42.9 Å². The molecule has 0 saturated carbocycles. The van der Waals surface area contributed by atoms with Crippen molar-refractivity contribution in [3.63, 3.8) is 0 Å². The van der Waals surface area contributed by atoms with Crippen LogP contribution in [0, 0.1) is 5.92 Å². The van der Waals surface area contributed by atoms with Crippen LogP contribution >= 0.6 is 0 Å². The first-order chi connectivity index (χ1) is 11.3. The topological polar surface area (TPSA) is 57.4 Å². The van der Waals surface area contributed by atoms with E-state index in [1.54, 1.807) is 7.11 Å². The molecule has 0 spiro atoms. The summed E-state index contributed by atoms with van der Waals surface area (Å²) in [6.07, 6.45) is 5.16. The predicted octanol–water partition coefficient (Wildman–Crippen LogP) is 3.42. The Labute approximate surface area is 137 Å². The summed E-state index contributed by atoms with van der Waals surface area (Å²) in [6, 6.07) is 7.95. The molecule has 2 atom stereocenters. The molecule has 1 saturated heterocycles. The van der Waals surface area contributed by atoms with E-state index < -0.39 is 0 Å². The largest absolute Gasteiger partial charge is 0.497 e. The minimum absolute atomic E-state index is 0.385. The number of ether oxygens (including phenoxy) is 2. The molecule has 2 aromatic rings. The lowest BCUT2D eigenvalue weighted by atomic mass is 9.91. The van der Waals surface area contributed by atoms with Crippen molar-refractivity contribution >= 4 is 0 Å². The number of methoxy groups -OCH3 is 1. The zero-order valence-electron chi connectivity index (χ0n) is 13.8. The molecular weight excluding hydrogens is 292 g/mol.